The lowest BCUT2D eigenvalue weighted by molar-refractivity contribution is -0.111. The molecule has 0 saturated carbocycles. The lowest BCUT2D eigenvalue weighted by Crippen LogP contribution is -2.07. The lowest BCUT2D eigenvalue weighted by atomic mass is 10.2. The number of methoxy groups -OCH3 is 1. The zero-order valence-corrected chi connectivity index (χ0v) is 16.1. The normalized spacial score (nSPS) is 14.0. The molecule has 160 valence electrons. The number of anilines is 5. The van der Waals surface area contributed by atoms with Gasteiger partial charge >= 0.3 is 0 Å². The number of nitrogens with zero attached hydrogens (tertiary/aromatic N) is 2. The summed E-state index contributed by atoms with van der Waals surface area (Å²) in [7, 11) is -2.75. The highest BCUT2D eigenvalue weighted by Crippen LogP contribution is 2.23. The Balaban J connectivity index is 1.70. The molecule has 1 aromatic heterocycles. The molecule has 0 atom stereocenters. The molecule has 0 aliphatic rings. The van der Waals surface area contributed by atoms with E-state index in [4.69, 9.17) is 13.0 Å². The summed E-state index contributed by atoms with van der Waals surface area (Å²) in [5.41, 5.74) is 0.836. The van der Waals surface area contributed by atoms with Crippen LogP contribution in [0, 0.1) is 5.82 Å². The molecule has 0 aliphatic carbocycles. The van der Waals surface area contributed by atoms with Gasteiger partial charge in [-0.3, -0.25) is 4.79 Å². The number of amides is 1. The smallest absolute Gasteiger partial charge is 0.247 e. The van der Waals surface area contributed by atoms with Gasteiger partial charge in [0.1, 0.15) is 12.3 Å². The van der Waals surface area contributed by atoms with Gasteiger partial charge in [-0.05, 0) is 48.5 Å². The Morgan fingerprint density at radius 3 is 2.84 bits per heavy atom. The minimum absolute atomic E-state index is 0.0154. The molecular weight excluding hydrogens is 401 g/mol. The number of rotatable bonds is 10. The van der Waals surface area contributed by atoms with E-state index in [9.17, 15) is 9.18 Å². The van der Waals surface area contributed by atoms with E-state index in [0.717, 1.165) is 12.3 Å². The van der Waals surface area contributed by atoms with Crippen LogP contribution in [0.1, 0.15) is 8.22 Å². The van der Waals surface area contributed by atoms with Crippen LogP contribution in [0.15, 0.2) is 67.4 Å². The van der Waals surface area contributed by atoms with E-state index in [0.29, 0.717) is 5.69 Å². The minimum atomic E-state index is -2.75. The number of hydrogen-bond acceptors (Lipinski definition) is 7. The molecule has 1 heterocycles. The highest BCUT2D eigenvalue weighted by atomic mass is 19.1. The first-order valence-corrected chi connectivity index (χ1v) is 8.88. The Hall–Kier alpha value is -3.98. The van der Waals surface area contributed by atoms with Gasteiger partial charge in [0.25, 0.3) is 0 Å². The fourth-order valence-corrected chi connectivity index (χ4v) is 2.32. The van der Waals surface area contributed by atoms with E-state index in [1.165, 1.54) is 36.4 Å². The van der Waals surface area contributed by atoms with Crippen molar-refractivity contribution in [1.29, 1.82) is 0 Å². The van der Waals surface area contributed by atoms with Crippen molar-refractivity contribution < 1.29 is 26.9 Å². The molecule has 8 nitrogen and oxygen atoms in total. The van der Waals surface area contributed by atoms with E-state index >= 15 is 0 Å². The van der Waals surface area contributed by atoms with Gasteiger partial charge < -0.3 is 25.4 Å². The van der Waals surface area contributed by atoms with Crippen LogP contribution in [0.4, 0.5) is 33.2 Å². The second-order valence-corrected chi connectivity index (χ2v) is 5.87. The van der Waals surface area contributed by atoms with Gasteiger partial charge in [-0.25, -0.2) is 9.37 Å². The van der Waals surface area contributed by atoms with E-state index in [1.807, 2.05) is 0 Å². The van der Waals surface area contributed by atoms with Crippen molar-refractivity contribution in [2.75, 3.05) is 36.2 Å². The third-order valence-corrected chi connectivity index (χ3v) is 3.67. The second kappa shape index (κ2) is 10.7. The molecule has 0 radical (unpaired) electrons. The van der Waals surface area contributed by atoms with Crippen molar-refractivity contribution in [3.05, 3.63) is 73.2 Å². The Kier molecular flexibility index (Phi) is 5.15. The molecule has 0 fully saturated rings. The van der Waals surface area contributed by atoms with Gasteiger partial charge in [-0.1, -0.05) is 12.6 Å². The molecule has 0 aliphatic heterocycles. The quantitative estimate of drug-likeness (QED) is 0.415. The highest BCUT2D eigenvalue weighted by Gasteiger charge is 2.09. The number of carbonyl (C=O) groups is 1. The number of halogens is 1. The molecule has 0 spiro atoms. The summed E-state index contributed by atoms with van der Waals surface area (Å²) in [5.74, 6) is -1.38. The summed E-state index contributed by atoms with van der Waals surface area (Å²) in [4.78, 5) is 19.5. The van der Waals surface area contributed by atoms with E-state index in [2.05, 4.69) is 37.2 Å². The first-order chi connectivity index (χ1) is 17.3. The van der Waals surface area contributed by atoms with E-state index in [1.54, 1.807) is 6.07 Å². The van der Waals surface area contributed by atoms with E-state index < -0.39 is 31.9 Å². The van der Waals surface area contributed by atoms with Crippen molar-refractivity contribution in [1.82, 2.24) is 9.97 Å². The summed E-state index contributed by atoms with van der Waals surface area (Å²) in [6.45, 7) is 0.176. The monoisotopic (exact) mass is 429 g/mol. The third kappa shape index (κ3) is 6.51. The average Bonchev–Trinajstić information content (AvgIpc) is 2.83. The second-order valence-electron chi connectivity index (χ2n) is 5.87. The zero-order chi connectivity index (χ0) is 27.2. The Bertz CT molecular complexity index is 1270. The molecule has 0 unspecified atom stereocenters. The van der Waals surface area contributed by atoms with Crippen LogP contribution in [0.2, 0.25) is 0 Å². The number of hydrogen-bond donors (Lipinski definition) is 3. The van der Waals surface area contributed by atoms with Gasteiger partial charge in [-0.2, -0.15) is 4.98 Å². The number of ether oxygens (including phenoxy) is 2. The Morgan fingerprint density at radius 2 is 2.06 bits per heavy atom. The Morgan fingerprint density at radius 1 is 1.26 bits per heavy atom. The summed E-state index contributed by atoms with van der Waals surface area (Å²) in [6.07, 6.45) is 1.99. The van der Waals surface area contributed by atoms with Gasteiger partial charge in [0.15, 0.2) is 11.6 Å². The molecule has 31 heavy (non-hydrogen) atoms. The molecule has 0 bridgehead atoms. The SMILES string of the molecule is [2H]c1c(NC(=O)C=C)cccc1Nc1nc(Nc2ccc(OC([2H])([2H])COC([2H])([2H])[2H])cc2)ncc1F. The minimum Gasteiger partial charge on any atom is -0.491 e. The molecule has 2 aromatic carbocycles. The average molecular weight is 429 g/mol. The lowest BCUT2D eigenvalue weighted by Gasteiger charge is -2.11. The third-order valence-electron chi connectivity index (χ3n) is 3.67. The molecule has 9 heteroatoms. The fourth-order valence-electron chi connectivity index (χ4n) is 2.32. The molecule has 3 rings (SSSR count). The highest BCUT2D eigenvalue weighted by molar-refractivity contribution is 5.99. The first-order valence-electron chi connectivity index (χ1n) is 11.9. The van der Waals surface area contributed by atoms with Crippen LogP contribution < -0.4 is 20.7 Å². The largest absolute Gasteiger partial charge is 0.491 e. The van der Waals surface area contributed by atoms with Gasteiger partial charge in [0.2, 0.25) is 11.9 Å². The zero-order valence-electron chi connectivity index (χ0n) is 22.1. The molecule has 3 aromatic rings. The van der Waals surface area contributed by atoms with Crippen molar-refractivity contribution in [3.63, 3.8) is 0 Å². The molecular formula is C22H22FN5O3. The Labute approximate surface area is 187 Å². The predicted molar refractivity (Wildman–Crippen MR) is 118 cm³/mol. The van der Waals surface area contributed by atoms with Gasteiger partial charge in [0.05, 0.1) is 21.0 Å². The van der Waals surface area contributed by atoms with Crippen LogP contribution in [0.5, 0.6) is 5.75 Å². The summed E-state index contributed by atoms with van der Waals surface area (Å²) < 4.78 is 68.7. The van der Waals surface area contributed by atoms with Crippen LogP contribution >= 0.6 is 0 Å². The molecule has 0 saturated heterocycles. The van der Waals surface area contributed by atoms with Crippen LogP contribution in [0.25, 0.3) is 0 Å². The van der Waals surface area contributed by atoms with Gasteiger partial charge in [0, 0.05) is 24.1 Å². The number of benzene rings is 2. The molecule has 3 N–H and O–H groups in total. The van der Waals surface area contributed by atoms with Gasteiger partial charge in [-0.15, -0.1) is 0 Å². The maximum atomic E-state index is 14.4. The maximum absolute atomic E-state index is 14.4. The summed E-state index contributed by atoms with van der Waals surface area (Å²) in [6, 6.07) is 10.4. The number of nitrogens with one attached hydrogen (secondary N) is 3. The number of carbonyl (C=O) groups excluding carboxylic acids is 1. The van der Waals surface area contributed by atoms with Crippen molar-refractivity contribution in [2.24, 2.45) is 0 Å². The van der Waals surface area contributed by atoms with Crippen molar-refractivity contribution in [2.45, 2.75) is 0 Å². The van der Waals surface area contributed by atoms with Crippen molar-refractivity contribution in [3.8, 4) is 5.75 Å². The molecule has 1 amide bonds. The maximum Gasteiger partial charge on any atom is 0.247 e. The summed E-state index contributed by atoms with van der Waals surface area (Å²) in [5, 5.41) is 8.06. The van der Waals surface area contributed by atoms with Crippen LogP contribution in [-0.2, 0) is 9.53 Å². The topological polar surface area (TPSA) is 97.4 Å². The van der Waals surface area contributed by atoms with Crippen molar-refractivity contribution >= 4 is 34.7 Å². The fraction of sp³-hybridized carbons (Fsp3) is 0.136. The van der Waals surface area contributed by atoms with Crippen LogP contribution in [-0.4, -0.2) is 36.1 Å². The standard InChI is InChI=1S/C22H22FN5O3/c1-3-20(29)25-16-5-4-6-17(13-16)26-21-19(23)14-24-22(28-21)27-15-7-9-18(10-8-15)31-12-11-30-2/h3-10,13-14H,1,11-12H2,2H3,(H,25,29)(H2,24,26,27,28)/i2D3,12D2,13D. The first kappa shape index (κ1) is 14.9. The predicted octanol–water partition coefficient (Wildman–Crippen LogP) is 4.25. The summed E-state index contributed by atoms with van der Waals surface area (Å²) >= 11 is 0. The van der Waals surface area contributed by atoms with Crippen LogP contribution in [0.3, 0.4) is 0 Å². The number of aromatic nitrogens is 2. The van der Waals surface area contributed by atoms with E-state index in [-0.39, 0.29) is 34.9 Å².